The van der Waals surface area contributed by atoms with E-state index >= 15 is 0 Å². The summed E-state index contributed by atoms with van der Waals surface area (Å²) in [6.07, 6.45) is 8.71. The molecule has 1 aliphatic carbocycles. The zero-order valence-corrected chi connectivity index (χ0v) is 19.0. The molecule has 0 bridgehead atoms. The number of hydrogen-bond acceptors (Lipinski definition) is 5. The molecule has 0 unspecified atom stereocenters. The molecule has 1 saturated heterocycles. The lowest BCUT2D eigenvalue weighted by Gasteiger charge is -2.32. The molecule has 0 spiro atoms. The first kappa shape index (κ1) is 21.2. The highest BCUT2D eigenvalue weighted by Crippen LogP contribution is 2.32. The molecule has 0 atom stereocenters. The minimum atomic E-state index is -0.00426. The van der Waals surface area contributed by atoms with Crippen molar-refractivity contribution in [2.45, 2.75) is 70.0 Å². The maximum Gasteiger partial charge on any atom is 0.234 e. The minimum absolute atomic E-state index is 0.00426. The number of carbonyl (C=O) groups is 1. The molecule has 4 rings (SSSR count). The van der Waals surface area contributed by atoms with Gasteiger partial charge in [0.1, 0.15) is 5.82 Å². The van der Waals surface area contributed by atoms with Crippen LogP contribution in [0.2, 0.25) is 0 Å². The monoisotopic (exact) mass is 427 g/mol. The van der Waals surface area contributed by atoms with Gasteiger partial charge in [0.15, 0.2) is 5.16 Å². The predicted octanol–water partition coefficient (Wildman–Crippen LogP) is 5.06. The third kappa shape index (κ3) is 5.17. The molecule has 2 aliphatic rings. The summed E-state index contributed by atoms with van der Waals surface area (Å²) in [6, 6.07) is 8.71. The Balaban J connectivity index is 1.30. The Bertz CT molecular complexity index is 836. The molecule has 1 aromatic carbocycles. The summed E-state index contributed by atoms with van der Waals surface area (Å²) in [6.45, 7) is 6.57. The molecule has 1 aromatic heterocycles. The summed E-state index contributed by atoms with van der Waals surface area (Å²) in [7, 11) is 0. The van der Waals surface area contributed by atoms with Gasteiger partial charge in [0.25, 0.3) is 0 Å². The molecule has 2 aromatic rings. The van der Waals surface area contributed by atoms with Crippen molar-refractivity contribution < 1.29 is 4.79 Å². The Morgan fingerprint density at radius 1 is 1.07 bits per heavy atom. The van der Waals surface area contributed by atoms with Crippen molar-refractivity contribution in [3.05, 3.63) is 30.1 Å². The second-order valence-electron chi connectivity index (χ2n) is 8.74. The number of nitrogens with zero attached hydrogens (tertiary/aromatic N) is 4. The third-order valence-corrected chi connectivity index (χ3v) is 7.35. The van der Waals surface area contributed by atoms with Crippen molar-refractivity contribution in [3.63, 3.8) is 0 Å². The molecule has 1 saturated carbocycles. The van der Waals surface area contributed by atoms with Crippen molar-refractivity contribution in [1.29, 1.82) is 0 Å². The van der Waals surface area contributed by atoms with E-state index in [4.69, 9.17) is 0 Å². The number of nitrogens with one attached hydrogen (secondary N) is 1. The van der Waals surface area contributed by atoms with Crippen LogP contribution in [0.4, 0.5) is 11.4 Å². The Kier molecular flexibility index (Phi) is 6.97. The van der Waals surface area contributed by atoms with E-state index in [2.05, 4.69) is 44.0 Å². The number of anilines is 2. The Labute approximate surface area is 183 Å². The largest absolute Gasteiger partial charge is 0.372 e. The van der Waals surface area contributed by atoms with Gasteiger partial charge >= 0.3 is 0 Å². The summed E-state index contributed by atoms with van der Waals surface area (Å²) in [5.41, 5.74) is 2.09. The smallest absolute Gasteiger partial charge is 0.234 e. The molecule has 2 fully saturated rings. The average Bonchev–Trinajstić information content (AvgIpc) is 3.14. The van der Waals surface area contributed by atoms with E-state index in [-0.39, 0.29) is 5.91 Å². The number of rotatable bonds is 6. The van der Waals surface area contributed by atoms with Gasteiger partial charge in [-0.05, 0) is 62.8 Å². The number of carbonyl (C=O) groups excluding carboxylic acids is 1. The van der Waals surface area contributed by atoms with Gasteiger partial charge in [-0.3, -0.25) is 4.79 Å². The van der Waals surface area contributed by atoms with Crippen molar-refractivity contribution in [1.82, 2.24) is 14.8 Å². The summed E-state index contributed by atoms with van der Waals surface area (Å²) in [5, 5.41) is 12.5. The summed E-state index contributed by atoms with van der Waals surface area (Å²) < 4.78 is 2.24. The van der Waals surface area contributed by atoms with E-state index in [0.29, 0.717) is 11.8 Å². The quantitative estimate of drug-likeness (QED) is 0.653. The second-order valence-corrected chi connectivity index (χ2v) is 9.69. The fourth-order valence-electron chi connectivity index (χ4n) is 4.56. The Hall–Kier alpha value is -2.02. The topological polar surface area (TPSA) is 63.1 Å². The van der Waals surface area contributed by atoms with Crippen LogP contribution in [0.3, 0.4) is 0 Å². The fraction of sp³-hybridized carbons (Fsp3) is 0.609. The lowest BCUT2D eigenvalue weighted by Crippen LogP contribution is -2.32. The Morgan fingerprint density at radius 2 is 1.77 bits per heavy atom. The standard InChI is InChI=1S/C23H33N5OS/c1-17-12-14-27(15-13-17)20-10-8-19(9-11-20)24-22(29)16-30-23-26-25-18(2)28(23)21-6-4-3-5-7-21/h8-11,17,21H,3-7,12-16H2,1-2H3,(H,24,29). The molecular formula is C23H33N5OS. The summed E-state index contributed by atoms with van der Waals surface area (Å²) in [5.74, 6) is 2.12. The number of amides is 1. The van der Waals surface area contributed by atoms with E-state index in [0.717, 1.165) is 35.7 Å². The van der Waals surface area contributed by atoms with E-state index < -0.39 is 0 Å². The van der Waals surface area contributed by atoms with E-state index in [1.165, 1.54) is 62.4 Å². The van der Waals surface area contributed by atoms with Crippen LogP contribution in [0.1, 0.15) is 63.7 Å². The highest BCUT2D eigenvalue weighted by atomic mass is 32.2. The molecule has 6 nitrogen and oxygen atoms in total. The number of aromatic nitrogens is 3. The lowest BCUT2D eigenvalue weighted by molar-refractivity contribution is -0.113. The van der Waals surface area contributed by atoms with E-state index in [9.17, 15) is 4.79 Å². The number of aryl methyl sites for hydroxylation is 1. The molecule has 2 heterocycles. The molecular weight excluding hydrogens is 394 g/mol. The highest BCUT2D eigenvalue weighted by Gasteiger charge is 2.22. The van der Waals surface area contributed by atoms with Gasteiger partial charge in [-0.2, -0.15) is 0 Å². The van der Waals surface area contributed by atoms with Crippen LogP contribution < -0.4 is 10.2 Å². The van der Waals surface area contributed by atoms with Gasteiger partial charge in [-0.15, -0.1) is 10.2 Å². The summed E-state index contributed by atoms with van der Waals surface area (Å²) in [4.78, 5) is 14.9. The number of benzene rings is 1. The normalized spacial score (nSPS) is 18.5. The molecule has 1 N–H and O–H groups in total. The molecule has 30 heavy (non-hydrogen) atoms. The maximum absolute atomic E-state index is 12.5. The first-order valence-corrected chi connectivity index (χ1v) is 12.3. The first-order chi connectivity index (χ1) is 14.6. The van der Waals surface area contributed by atoms with Crippen molar-refractivity contribution >= 4 is 29.0 Å². The van der Waals surface area contributed by atoms with Gasteiger partial charge < -0.3 is 14.8 Å². The van der Waals surface area contributed by atoms with Crippen LogP contribution in [-0.4, -0.2) is 39.5 Å². The van der Waals surface area contributed by atoms with Gasteiger partial charge in [0, 0.05) is 30.5 Å². The van der Waals surface area contributed by atoms with Gasteiger partial charge in [0.05, 0.1) is 5.75 Å². The molecule has 0 radical (unpaired) electrons. The van der Waals surface area contributed by atoms with Crippen LogP contribution >= 0.6 is 11.8 Å². The zero-order valence-electron chi connectivity index (χ0n) is 18.1. The number of thioether (sulfide) groups is 1. The van der Waals surface area contributed by atoms with E-state index in [1.807, 2.05) is 19.1 Å². The van der Waals surface area contributed by atoms with Gasteiger partial charge in [0.2, 0.25) is 5.91 Å². The van der Waals surface area contributed by atoms with Gasteiger partial charge in [-0.1, -0.05) is 37.9 Å². The van der Waals surface area contributed by atoms with Crippen LogP contribution in [0.15, 0.2) is 29.4 Å². The maximum atomic E-state index is 12.5. The fourth-order valence-corrected chi connectivity index (χ4v) is 5.41. The highest BCUT2D eigenvalue weighted by molar-refractivity contribution is 7.99. The van der Waals surface area contributed by atoms with Crippen molar-refractivity contribution in [3.8, 4) is 0 Å². The predicted molar refractivity (Wildman–Crippen MR) is 123 cm³/mol. The average molecular weight is 428 g/mol. The third-order valence-electron chi connectivity index (χ3n) is 6.41. The SMILES string of the molecule is Cc1nnc(SCC(=O)Nc2ccc(N3CCC(C)CC3)cc2)n1C1CCCCC1. The number of piperidine rings is 1. The van der Waals surface area contributed by atoms with Crippen LogP contribution in [0.5, 0.6) is 0 Å². The summed E-state index contributed by atoms with van der Waals surface area (Å²) >= 11 is 1.48. The van der Waals surface area contributed by atoms with Crippen molar-refractivity contribution in [2.75, 3.05) is 29.1 Å². The molecule has 1 amide bonds. The minimum Gasteiger partial charge on any atom is -0.372 e. The lowest BCUT2D eigenvalue weighted by atomic mass is 9.95. The van der Waals surface area contributed by atoms with Crippen molar-refractivity contribution in [2.24, 2.45) is 5.92 Å². The molecule has 7 heteroatoms. The van der Waals surface area contributed by atoms with Gasteiger partial charge in [-0.25, -0.2) is 0 Å². The van der Waals surface area contributed by atoms with Crippen LogP contribution in [0, 0.1) is 12.8 Å². The van der Waals surface area contributed by atoms with E-state index in [1.54, 1.807) is 0 Å². The van der Waals surface area contributed by atoms with Crippen LogP contribution in [-0.2, 0) is 4.79 Å². The molecule has 1 aliphatic heterocycles. The van der Waals surface area contributed by atoms with Crippen LogP contribution in [0.25, 0.3) is 0 Å². The molecule has 162 valence electrons. The zero-order chi connectivity index (χ0) is 20.9. The first-order valence-electron chi connectivity index (χ1n) is 11.3. The Morgan fingerprint density at radius 3 is 2.47 bits per heavy atom. The second kappa shape index (κ2) is 9.86. The number of hydrogen-bond donors (Lipinski definition) is 1.